The molecule has 0 spiro atoms. The van der Waals surface area contributed by atoms with Gasteiger partial charge in [-0.3, -0.25) is 48.4 Å². The third kappa shape index (κ3) is 31.3. The van der Waals surface area contributed by atoms with E-state index in [1.807, 2.05) is 109 Å². The number of halogens is 3. The number of likely N-dealkylation sites (tertiary alicyclic amines) is 2. The largest absolute Gasteiger partial charge is 0.522 e. The van der Waals surface area contributed by atoms with Crippen LogP contribution in [0.5, 0.6) is 0 Å². The van der Waals surface area contributed by atoms with Crippen molar-refractivity contribution in [2.45, 2.75) is 258 Å². The number of carbonyl (C=O) groups excluding carboxylic acids is 8. The number of aliphatic carboxylic acids is 1. The summed E-state index contributed by atoms with van der Waals surface area (Å²) < 4.78 is 76.3. The summed E-state index contributed by atoms with van der Waals surface area (Å²) in [5.74, 6) is -4.62. The van der Waals surface area contributed by atoms with Crippen molar-refractivity contribution in [3.05, 3.63) is 109 Å². The number of benzene rings is 2. The molecule has 0 radical (unpaired) electrons. The van der Waals surface area contributed by atoms with Crippen LogP contribution in [0.2, 0.25) is 19.6 Å². The number of hydrazine groups is 2. The van der Waals surface area contributed by atoms with Crippen molar-refractivity contribution in [3.8, 4) is 0 Å². The predicted octanol–water partition coefficient (Wildman–Crippen LogP) is 13.6. The van der Waals surface area contributed by atoms with Gasteiger partial charge in [-0.25, -0.2) is 15.6 Å². The minimum Gasteiger partial charge on any atom is -0.480 e. The van der Waals surface area contributed by atoms with Crippen molar-refractivity contribution >= 4 is 83.8 Å². The van der Waals surface area contributed by atoms with E-state index >= 15 is 0 Å². The number of hydrogen-bond donors (Lipinski definition) is 5. The van der Waals surface area contributed by atoms with Gasteiger partial charge < -0.3 is 43.6 Å². The highest BCUT2D eigenvalue weighted by atomic mass is 32.2. The Kier molecular flexibility index (Phi) is 40.4. The van der Waals surface area contributed by atoms with E-state index < -0.39 is 77.4 Å². The van der Waals surface area contributed by atoms with Gasteiger partial charge in [0.25, 0.3) is 11.8 Å². The zero-order valence-corrected chi connectivity index (χ0v) is 69.7. The molecule has 4 fully saturated rings. The lowest BCUT2D eigenvalue weighted by molar-refractivity contribution is -0.149. The second-order valence-corrected chi connectivity index (χ2v) is 37.7. The molecule has 6 amide bonds. The average molecular weight is 1590 g/mol. The second-order valence-electron chi connectivity index (χ2n) is 31.4. The SMILES string of the molecule is C=CCCC(OC)C(C)C(=O)CC(C(=O)NC(C)C(=O)N1CCCC(C(=O)N2CCCC[C@H]2c2cccc(C=C)c2)N1)C(C)C.C=CCCC(OC)C(C)C(=O)CC(C(=O)NC(C)C(=O)N1CCCC(C(=O)O)N1)C(C)C.C=Cc1cccc(C2CCCCN2C(=O)OC(C)(C)C)c1.C[Si](C)(C)OS(=O)(=O)C(F)(F)F. The van der Waals surface area contributed by atoms with E-state index in [-0.39, 0.29) is 102 Å². The lowest BCUT2D eigenvalue weighted by atomic mass is 9.84. The summed E-state index contributed by atoms with van der Waals surface area (Å²) >= 11 is 0. The summed E-state index contributed by atoms with van der Waals surface area (Å²) in [6.45, 7) is 41.6. The maximum absolute atomic E-state index is 13.8. The van der Waals surface area contributed by atoms with E-state index in [1.165, 1.54) is 29.7 Å². The van der Waals surface area contributed by atoms with Gasteiger partial charge in [-0.15, -0.1) is 13.2 Å². The smallest absolute Gasteiger partial charge is 0.480 e. The van der Waals surface area contributed by atoms with Crippen molar-refractivity contribution in [2.75, 3.05) is 40.4 Å². The molecule has 0 saturated carbocycles. The fourth-order valence-corrected chi connectivity index (χ4v) is 16.4. The molecule has 0 aliphatic carbocycles. The van der Waals surface area contributed by atoms with Gasteiger partial charge in [0.2, 0.25) is 26.0 Å². The van der Waals surface area contributed by atoms with Gasteiger partial charge in [0.1, 0.15) is 41.3 Å². The number of Topliss-reactive ketones (excluding diaryl/α,β-unsaturated/α-hetero) is 2. The van der Waals surface area contributed by atoms with Crippen LogP contribution >= 0.6 is 0 Å². The maximum atomic E-state index is 13.8. The first-order valence-corrected chi connectivity index (χ1v) is 43.3. The van der Waals surface area contributed by atoms with Crippen LogP contribution in [0.15, 0.2) is 87.0 Å². The number of carboxylic acids is 1. The molecule has 4 aliphatic rings. The average Bonchev–Trinajstić information content (AvgIpc) is 0.806. The number of methoxy groups -OCH3 is 2. The van der Waals surface area contributed by atoms with Gasteiger partial charge in [-0.2, -0.15) is 21.6 Å². The Morgan fingerprint density at radius 1 is 0.600 bits per heavy atom. The van der Waals surface area contributed by atoms with Gasteiger partial charge in [0, 0.05) is 76.9 Å². The van der Waals surface area contributed by atoms with Gasteiger partial charge in [-0.05, 0) is 190 Å². The molecule has 24 nitrogen and oxygen atoms in total. The number of allylic oxidation sites excluding steroid dienone is 2. The lowest BCUT2D eigenvalue weighted by Gasteiger charge is -2.41. The Balaban J connectivity index is 0.000000418. The number of nitrogens with zero attached hydrogens (tertiary/aromatic N) is 4. The van der Waals surface area contributed by atoms with Gasteiger partial charge in [-0.1, -0.05) is 115 Å². The summed E-state index contributed by atoms with van der Waals surface area (Å²) in [4.78, 5) is 120. The molecule has 2 aromatic carbocycles. The van der Waals surface area contributed by atoms with Crippen LogP contribution in [0.1, 0.15) is 213 Å². The third-order valence-electron chi connectivity index (χ3n) is 19.8. The molecule has 4 saturated heterocycles. The number of nitrogens with one attached hydrogen (secondary N) is 4. The first kappa shape index (κ1) is 96.8. The standard InChI is InChI=1S/C36H54N4O5.C23H39N3O6.C18H25NO2.C4H9F3O3SSi/c1-8-10-19-33(45-7)25(5)32(41)23-29(24(3)4)34(42)37-26(6)35(43)40-21-14-17-30(38-40)36(44)39-20-12-11-18-31(39)28-16-13-15-27(9-2)22-28;1-7-8-11-20(32-6)15(4)19(27)13-17(14(2)3)21(28)24-16(5)22(29)26-12-9-10-18(25-26)23(30)31;1-5-14-9-8-10-15(13-14)16-11-6-7-12-19(16)17(20)21-18(2,3)4;1-12(2,3)10-11(8,9)4(5,6)7/h8-9,13,15-16,22,24-26,29-31,33,38H,1-2,10-12,14,17-21,23H2,3-7H3,(H,37,42);7,14-18,20,25H,1,8-13H2,2-6H3,(H,24,28)(H,30,31);5,8-10,13,16H,1,6-7,11-12H2,2-4H3;1-3H3/t25?,26?,29?,30?,31-,33?;;;/m0.../s1. The van der Waals surface area contributed by atoms with Crippen molar-refractivity contribution in [3.63, 3.8) is 0 Å². The number of amides is 6. The van der Waals surface area contributed by atoms with E-state index in [0.29, 0.717) is 58.2 Å². The number of rotatable bonds is 32. The van der Waals surface area contributed by atoms with Crippen molar-refractivity contribution in [1.82, 2.24) is 41.3 Å². The molecular formula is C81H127F3N8O16SSi. The molecule has 4 heterocycles. The minimum atomic E-state index is -5.39. The topological polar surface area (TPSA) is 306 Å². The molecule has 0 bridgehead atoms. The fraction of sp³-hybridized carbons (Fsp3) is 0.642. The highest BCUT2D eigenvalue weighted by molar-refractivity contribution is 7.88. The van der Waals surface area contributed by atoms with E-state index in [0.717, 1.165) is 80.2 Å². The third-order valence-corrected chi connectivity index (χ3v) is 23.2. The van der Waals surface area contributed by atoms with Gasteiger partial charge in [0.05, 0.1) is 24.3 Å². The van der Waals surface area contributed by atoms with Crippen LogP contribution in [-0.4, -0.2) is 183 Å². The highest BCUT2D eigenvalue weighted by Crippen LogP contribution is 2.36. The summed E-state index contributed by atoms with van der Waals surface area (Å²) in [5, 5.41) is 17.5. The zero-order chi connectivity index (χ0) is 83.2. The first-order chi connectivity index (χ1) is 51.4. The molecule has 11 unspecified atom stereocenters. The number of piperidine rings is 2. The van der Waals surface area contributed by atoms with Crippen LogP contribution in [0.25, 0.3) is 12.2 Å². The molecule has 0 aromatic heterocycles. The van der Waals surface area contributed by atoms with E-state index in [9.17, 15) is 69.8 Å². The number of ether oxygens (including phenoxy) is 3. The van der Waals surface area contributed by atoms with Crippen LogP contribution < -0.4 is 21.5 Å². The number of hydrogen-bond acceptors (Lipinski definition) is 17. The molecule has 12 atom stereocenters. The summed E-state index contributed by atoms with van der Waals surface area (Å²) in [5.41, 5.74) is 4.49. The summed E-state index contributed by atoms with van der Waals surface area (Å²) in [7, 11) is -4.94. The second kappa shape index (κ2) is 45.9. The molecule has 6 rings (SSSR count). The van der Waals surface area contributed by atoms with Crippen LogP contribution in [0, 0.1) is 35.5 Å². The lowest BCUT2D eigenvalue weighted by Crippen LogP contribution is -2.61. The fourth-order valence-electron chi connectivity index (χ4n) is 13.4. The minimum absolute atomic E-state index is 0.00662. The van der Waals surface area contributed by atoms with Gasteiger partial charge >= 0.3 is 27.7 Å². The zero-order valence-electron chi connectivity index (χ0n) is 67.9. The molecule has 5 N–H and O–H groups in total. The Bertz CT molecular complexity index is 3510. The highest BCUT2D eigenvalue weighted by Gasteiger charge is 2.49. The van der Waals surface area contributed by atoms with E-state index in [1.54, 1.807) is 40.2 Å². The molecule has 110 heavy (non-hydrogen) atoms. The molecule has 618 valence electrons. The number of alkyl halides is 3. The van der Waals surface area contributed by atoms with Crippen molar-refractivity contribution in [2.24, 2.45) is 35.5 Å². The van der Waals surface area contributed by atoms with Crippen LogP contribution in [0.4, 0.5) is 18.0 Å². The summed E-state index contributed by atoms with van der Waals surface area (Å²) in [6, 6.07) is 13.5. The Hall–Kier alpha value is -7.41. The maximum Gasteiger partial charge on any atom is 0.522 e. The van der Waals surface area contributed by atoms with E-state index in [4.69, 9.17) is 14.2 Å². The monoisotopic (exact) mass is 1580 g/mol. The molecule has 29 heteroatoms. The Labute approximate surface area is 653 Å². The van der Waals surface area contributed by atoms with Gasteiger partial charge in [0.15, 0.2) is 0 Å². The van der Waals surface area contributed by atoms with Crippen LogP contribution in [-0.2, 0) is 66.6 Å². The number of carboxylic acid groups (broad SMARTS) is 1. The first-order valence-electron chi connectivity index (χ1n) is 38.5. The Morgan fingerprint density at radius 2 is 1.00 bits per heavy atom. The Morgan fingerprint density at radius 3 is 1.35 bits per heavy atom. The number of ketones is 2. The summed E-state index contributed by atoms with van der Waals surface area (Å²) in [6.07, 6.45) is 17.9. The number of carbonyl (C=O) groups is 9. The molecule has 2 aromatic rings. The van der Waals surface area contributed by atoms with E-state index in [2.05, 4.69) is 75.9 Å². The van der Waals surface area contributed by atoms with Crippen molar-refractivity contribution in [1.29, 1.82) is 0 Å². The predicted molar refractivity (Wildman–Crippen MR) is 424 cm³/mol. The van der Waals surface area contributed by atoms with Crippen LogP contribution in [0.3, 0.4) is 0 Å². The normalized spacial score (nSPS) is 19.9. The quantitative estimate of drug-likeness (QED) is 0.0258. The molecular weight excluding hydrogens is 1460 g/mol. The van der Waals surface area contributed by atoms with Crippen molar-refractivity contribution < 1.29 is 87.9 Å². The molecule has 4 aliphatic heterocycles.